The Kier molecular flexibility index (Phi) is 2.08. The minimum Gasteiger partial charge on any atom is -0.468 e. The summed E-state index contributed by atoms with van der Waals surface area (Å²) in [6.45, 7) is 0. The summed E-state index contributed by atoms with van der Waals surface area (Å²) in [4.78, 5) is 11.1. The van der Waals surface area contributed by atoms with Crippen LogP contribution in [-0.4, -0.2) is 33.0 Å². The van der Waals surface area contributed by atoms with Crippen LogP contribution in [0.2, 0.25) is 0 Å². The van der Waals surface area contributed by atoms with E-state index in [1.807, 2.05) is 0 Å². The van der Waals surface area contributed by atoms with Crippen LogP contribution in [0.3, 0.4) is 0 Å². The zero-order chi connectivity index (χ0) is 10.3. The molecule has 0 spiro atoms. The first-order valence-electron chi connectivity index (χ1n) is 3.57. The van der Waals surface area contributed by atoms with E-state index < -0.39 is 26.5 Å². The molecule has 0 heterocycles. The standard InChI is InChI=1S/C7H9NO4S/c1-12-6(9)7(4-8)3-5(7)13(2,10)11/h5H,3H2,1-2H3/t5-,7-/m0/s1. The van der Waals surface area contributed by atoms with Crippen LogP contribution in [0.25, 0.3) is 0 Å². The molecule has 0 bridgehead atoms. The van der Waals surface area contributed by atoms with Gasteiger partial charge < -0.3 is 4.74 Å². The monoisotopic (exact) mass is 203 g/mol. The molecule has 2 atom stereocenters. The summed E-state index contributed by atoms with van der Waals surface area (Å²) in [5.41, 5.74) is -1.44. The molecule has 0 amide bonds. The van der Waals surface area contributed by atoms with Gasteiger partial charge in [0.15, 0.2) is 15.3 Å². The van der Waals surface area contributed by atoms with E-state index in [0.29, 0.717) is 0 Å². The van der Waals surface area contributed by atoms with Crippen LogP contribution in [0.15, 0.2) is 0 Å². The highest BCUT2D eigenvalue weighted by molar-refractivity contribution is 7.91. The van der Waals surface area contributed by atoms with Crippen LogP contribution in [0.1, 0.15) is 6.42 Å². The zero-order valence-corrected chi connectivity index (χ0v) is 8.09. The Morgan fingerprint density at radius 1 is 1.69 bits per heavy atom. The lowest BCUT2D eigenvalue weighted by Gasteiger charge is -2.03. The Bertz CT molecular complexity index is 380. The number of carbonyl (C=O) groups is 1. The largest absolute Gasteiger partial charge is 0.468 e. The van der Waals surface area contributed by atoms with E-state index in [4.69, 9.17) is 5.26 Å². The molecule has 1 rings (SSSR count). The Labute approximate surface area is 76.2 Å². The lowest BCUT2D eigenvalue weighted by atomic mass is 10.1. The summed E-state index contributed by atoms with van der Waals surface area (Å²) in [5, 5.41) is 7.79. The van der Waals surface area contributed by atoms with Gasteiger partial charge in [-0.2, -0.15) is 5.26 Å². The zero-order valence-electron chi connectivity index (χ0n) is 7.27. The van der Waals surface area contributed by atoms with E-state index in [2.05, 4.69) is 4.74 Å². The SMILES string of the molecule is COC(=O)[C@]1(C#N)C[C@@H]1S(C)(=O)=O. The summed E-state index contributed by atoms with van der Waals surface area (Å²) in [7, 11) is -2.19. The number of nitrogens with zero attached hydrogens (tertiary/aromatic N) is 1. The van der Waals surface area contributed by atoms with Crippen molar-refractivity contribution in [3.63, 3.8) is 0 Å². The molecule has 0 aromatic rings. The van der Waals surface area contributed by atoms with Gasteiger partial charge in [-0.05, 0) is 6.42 Å². The van der Waals surface area contributed by atoms with Crippen LogP contribution in [-0.2, 0) is 19.4 Å². The van der Waals surface area contributed by atoms with Crippen molar-refractivity contribution in [1.82, 2.24) is 0 Å². The molecule has 1 saturated carbocycles. The van der Waals surface area contributed by atoms with E-state index >= 15 is 0 Å². The Morgan fingerprint density at radius 3 is 2.46 bits per heavy atom. The molecule has 1 aliphatic carbocycles. The number of ether oxygens (including phenoxy) is 1. The Morgan fingerprint density at radius 2 is 2.23 bits per heavy atom. The summed E-state index contributed by atoms with van der Waals surface area (Å²) >= 11 is 0. The van der Waals surface area contributed by atoms with Crippen molar-refractivity contribution in [2.45, 2.75) is 11.7 Å². The third-order valence-corrected chi connectivity index (χ3v) is 3.77. The number of carbonyl (C=O) groups excluding carboxylic acids is 1. The topological polar surface area (TPSA) is 84.2 Å². The average Bonchev–Trinajstić information content (AvgIpc) is 2.78. The number of rotatable bonds is 2. The Balaban J connectivity index is 2.96. The van der Waals surface area contributed by atoms with Crippen LogP contribution >= 0.6 is 0 Å². The van der Waals surface area contributed by atoms with Gasteiger partial charge in [-0.25, -0.2) is 8.42 Å². The number of hydrogen-bond donors (Lipinski definition) is 0. The molecule has 0 radical (unpaired) electrons. The Hall–Kier alpha value is -1.09. The molecule has 1 aliphatic rings. The second-order valence-corrected chi connectivity index (χ2v) is 5.33. The van der Waals surface area contributed by atoms with Crippen molar-refractivity contribution in [3.05, 3.63) is 0 Å². The molecular formula is C7H9NO4S. The second kappa shape index (κ2) is 2.70. The van der Waals surface area contributed by atoms with Crippen molar-refractivity contribution in [2.24, 2.45) is 5.41 Å². The number of esters is 1. The van der Waals surface area contributed by atoms with Gasteiger partial charge >= 0.3 is 5.97 Å². The predicted molar refractivity (Wildman–Crippen MR) is 43.3 cm³/mol. The first-order chi connectivity index (χ1) is 5.88. The van der Waals surface area contributed by atoms with Crippen LogP contribution in [0.4, 0.5) is 0 Å². The van der Waals surface area contributed by atoms with Gasteiger partial charge in [0.2, 0.25) is 0 Å². The number of hydrogen-bond acceptors (Lipinski definition) is 5. The minimum absolute atomic E-state index is 0.0506. The summed E-state index contributed by atoms with van der Waals surface area (Å²) in [6.07, 6.45) is 1.06. The lowest BCUT2D eigenvalue weighted by molar-refractivity contribution is -0.144. The smallest absolute Gasteiger partial charge is 0.327 e. The van der Waals surface area contributed by atoms with Gasteiger partial charge in [-0.15, -0.1) is 0 Å². The van der Waals surface area contributed by atoms with Crippen molar-refractivity contribution in [2.75, 3.05) is 13.4 Å². The number of methoxy groups -OCH3 is 1. The van der Waals surface area contributed by atoms with Crippen molar-refractivity contribution < 1.29 is 17.9 Å². The fraction of sp³-hybridized carbons (Fsp3) is 0.714. The molecule has 6 heteroatoms. The van der Waals surface area contributed by atoms with E-state index in [1.54, 1.807) is 6.07 Å². The maximum absolute atomic E-state index is 11.1. The van der Waals surface area contributed by atoms with E-state index in [-0.39, 0.29) is 6.42 Å². The molecular weight excluding hydrogens is 194 g/mol. The molecule has 1 fully saturated rings. The fourth-order valence-corrected chi connectivity index (χ4v) is 2.76. The van der Waals surface area contributed by atoms with Crippen molar-refractivity contribution in [3.8, 4) is 6.07 Å². The molecule has 13 heavy (non-hydrogen) atoms. The quantitative estimate of drug-likeness (QED) is 0.564. The van der Waals surface area contributed by atoms with Crippen molar-refractivity contribution >= 4 is 15.8 Å². The third-order valence-electron chi connectivity index (χ3n) is 2.16. The van der Waals surface area contributed by atoms with Crippen LogP contribution in [0, 0.1) is 16.7 Å². The van der Waals surface area contributed by atoms with Gasteiger partial charge in [-0.1, -0.05) is 0 Å². The van der Waals surface area contributed by atoms with Gasteiger partial charge in [-0.3, -0.25) is 4.79 Å². The molecule has 5 nitrogen and oxygen atoms in total. The third kappa shape index (κ3) is 1.40. The van der Waals surface area contributed by atoms with Gasteiger partial charge in [0.05, 0.1) is 18.4 Å². The van der Waals surface area contributed by atoms with Gasteiger partial charge in [0.25, 0.3) is 0 Å². The second-order valence-electron chi connectivity index (χ2n) is 3.10. The number of nitriles is 1. The van der Waals surface area contributed by atoms with Crippen LogP contribution in [0.5, 0.6) is 0 Å². The molecule has 0 unspecified atom stereocenters. The highest BCUT2D eigenvalue weighted by Gasteiger charge is 2.67. The molecule has 0 aliphatic heterocycles. The minimum atomic E-state index is -3.33. The maximum Gasteiger partial charge on any atom is 0.327 e. The van der Waals surface area contributed by atoms with E-state index in [1.165, 1.54) is 0 Å². The predicted octanol–water partition coefficient (Wildman–Crippen LogP) is -0.514. The molecule has 72 valence electrons. The molecule has 0 aromatic carbocycles. The first-order valence-corrected chi connectivity index (χ1v) is 5.52. The first kappa shape index (κ1) is 9.99. The highest BCUT2D eigenvalue weighted by atomic mass is 32.2. The normalized spacial score (nSPS) is 31.9. The molecule has 0 N–H and O–H groups in total. The van der Waals surface area contributed by atoms with Crippen molar-refractivity contribution in [1.29, 1.82) is 5.26 Å². The average molecular weight is 203 g/mol. The molecule has 0 saturated heterocycles. The summed E-state index contributed by atoms with van der Waals surface area (Å²) in [6, 6.07) is 1.71. The van der Waals surface area contributed by atoms with E-state index in [0.717, 1.165) is 13.4 Å². The summed E-state index contributed by atoms with van der Waals surface area (Å²) < 4.78 is 26.4. The molecule has 0 aromatic heterocycles. The van der Waals surface area contributed by atoms with Crippen LogP contribution < -0.4 is 0 Å². The number of sulfone groups is 1. The lowest BCUT2D eigenvalue weighted by Crippen LogP contribution is -2.23. The van der Waals surface area contributed by atoms with E-state index in [9.17, 15) is 13.2 Å². The maximum atomic E-state index is 11.1. The fourth-order valence-electron chi connectivity index (χ4n) is 1.31. The van der Waals surface area contributed by atoms with Gasteiger partial charge in [0, 0.05) is 6.26 Å². The van der Waals surface area contributed by atoms with Gasteiger partial charge in [0.1, 0.15) is 0 Å². The summed E-state index contributed by atoms with van der Waals surface area (Å²) in [5.74, 6) is -0.759. The highest BCUT2D eigenvalue weighted by Crippen LogP contribution is 2.50.